The molecular weight excluding hydrogens is 418 g/mol. The average molecular weight is 448 g/mol. The Kier molecular flexibility index (Phi) is 7.07. The summed E-state index contributed by atoms with van der Waals surface area (Å²) in [5, 5.41) is 5.73. The summed E-state index contributed by atoms with van der Waals surface area (Å²) in [7, 11) is 1.53. The van der Waals surface area contributed by atoms with Gasteiger partial charge in [0.15, 0.2) is 5.78 Å². The maximum Gasteiger partial charge on any atom is 0.267 e. The third-order valence-corrected chi connectivity index (χ3v) is 5.76. The quantitative estimate of drug-likeness (QED) is 0.274. The van der Waals surface area contributed by atoms with E-state index in [1.807, 2.05) is 12.1 Å². The summed E-state index contributed by atoms with van der Waals surface area (Å²) in [4.78, 5) is 42.5. The number of hydrogen-bond acceptors (Lipinski definition) is 8. The van der Waals surface area contributed by atoms with Crippen LogP contribution in [0.3, 0.4) is 0 Å². The van der Waals surface area contributed by atoms with E-state index >= 15 is 0 Å². The van der Waals surface area contributed by atoms with Crippen LogP contribution in [0, 0.1) is 5.92 Å². The lowest BCUT2D eigenvalue weighted by Crippen LogP contribution is -2.26. The SMILES string of the molecule is CNC(=O)C(N)=C(C=NCC1CC1)CCC(=O)c1nc(C2CC2)ccc1Nc1cncnc1. The first-order valence-corrected chi connectivity index (χ1v) is 11.3. The van der Waals surface area contributed by atoms with E-state index in [-0.39, 0.29) is 23.8 Å². The Morgan fingerprint density at radius 1 is 1.15 bits per heavy atom. The number of Topliss-reactive ketones (excluding diaryl/α,β-unsaturated/α-hetero) is 1. The van der Waals surface area contributed by atoms with Gasteiger partial charge in [0.25, 0.3) is 5.91 Å². The van der Waals surface area contributed by atoms with Gasteiger partial charge in [-0.2, -0.15) is 0 Å². The summed E-state index contributed by atoms with van der Waals surface area (Å²) < 4.78 is 0. The first-order valence-electron chi connectivity index (χ1n) is 11.3. The largest absolute Gasteiger partial charge is 0.394 e. The molecule has 9 nitrogen and oxygen atoms in total. The molecule has 0 bridgehead atoms. The molecule has 0 atom stereocenters. The van der Waals surface area contributed by atoms with Crippen LogP contribution < -0.4 is 16.4 Å². The van der Waals surface area contributed by atoms with E-state index in [2.05, 4.69) is 30.6 Å². The third kappa shape index (κ3) is 6.21. The predicted molar refractivity (Wildman–Crippen MR) is 126 cm³/mol. The normalized spacial score (nSPS) is 16.4. The second-order valence-corrected chi connectivity index (χ2v) is 8.54. The fourth-order valence-electron chi connectivity index (χ4n) is 3.44. The van der Waals surface area contributed by atoms with Crippen LogP contribution in [0.1, 0.15) is 60.6 Å². The molecular formula is C24H29N7O2. The molecule has 33 heavy (non-hydrogen) atoms. The minimum atomic E-state index is -0.379. The highest BCUT2D eigenvalue weighted by Crippen LogP contribution is 2.40. The number of amides is 1. The van der Waals surface area contributed by atoms with Crippen molar-refractivity contribution in [1.29, 1.82) is 0 Å². The topological polar surface area (TPSA) is 135 Å². The van der Waals surface area contributed by atoms with Crippen LogP contribution in [0.4, 0.5) is 11.4 Å². The van der Waals surface area contributed by atoms with Gasteiger partial charge >= 0.3 is 0 Å². The summed E-state index contributed by atoms with van der Waals surface area (Å²) in [6.45, 7) is 0.719. The molecule has 0 aliphatic heterocycles. The number of aromatic nitrogens is 3. The summed E-state index contributed by atoms with van der Waals surface area (Å²) in [6.07, 6.45) is 11.4. The van der Waals surface area contributed by atoms with E-state index in [1.54, 1.807) is 18.6 Å². The molecule has 2 saturated carbocycles. The van der Waals surface area contributed by atoms with Crippen LogP contribution in [-0.4, -0.2) is 46.4 Å². The maximum absolute atomic E-state index is 13.3. The number of carbonyl (C=O) groups excluding carboxylic acids is 2. The Morgan fingerprint density at radius 2 is 1.91 bits per heavy atom. The molecule has 2 aliphatic rings. The number of allylic oxidation sites excluding steroid dienone is 1. The van der Waals surface area contributed by atoms with E-state index in [1.165, 1.54) is 26.2 Å². The van der Waals surface area contributed by atoms with Crippen molar-refractivity contribution < 1.29 is 9.59 Å². The van der Waals surface area contributed by atoms with Crippen molar-refractivity contribution in [2.45, 2.75) is 44.4 Å². The lowest BCUT2D eigenvalue weighted by Gasteiger charge is -2.13. The van der Waals surface area contributed by atoms with Crippen LogP contribution in [0.2, 0.25) is 0 Å². The average Bonchev–Trinajstić information content (AvgIpc) is 3.75. The molecule has 1 amide bonds. The molecule has 172 valence electrons. The first-order chi connectivity index (χ1) is 16.0. The molecule has 0 radical (unpaired) electrons. The number of ketones is 1. The number of carbonyl (C=O) groups is 2. The lowest BCUT2D eigenvalue weighted by molar-refractivity contribution is -0.117. The number of anilines is 2. The minimum Gasteiger partial charge on any atom is -0.394 e. The van der Waals surface area contributed by atoms with E-state index in [0.717, 1.165) is 25.1 Å². The van der Waals surface area contributed by atoms with Crippen LogP contribution in [0.5, 0.6) is 0 Å². The van der Waals surface area contributed by atoms with Gasteiger partial charge in [-0.3, -0.25) is 14.6 Å². The summed E-state index contributed by atoms with van der Waals surface area (Å²) in [5.41, 5.74) is 9.28. The summed E-state index contributed by atoms with van der Waals surface area (Å²) in [5.74, 6) is 0.528. The number of pyridine rings is 1. The van der Waals surface area contributed by atoms with Crippen molar-refractivity contribution in [2.24, 2.45) is 16.6 Å². The van der Waals surface area contributed by atoms with Gasteiger partial charge in [-0.05, 0) is 55.7 Å². The monoisotopic (exact) mass is 447 g/mol. The smallest absolute Gasteiger partial charge is 0.267 e. The van der Waals surface area contributed by atoms with Gasteiger partial charge in [0, 0.05) is 37.8 Å². The fraction of sp³-hybridized carbons (Fsp3) is 0.417. The number of aliphatic imine (C=N–C) groups is 1. The highest BCUT2D eigenvalue weighted by molar-refractivity contribution is 6.02. The maximum atomic E-state index is 13.3. The molecule has 2 heterocycles. The van der Waals surface area contributed by atoms with Gasteiger partial charge in [-0.15, -0.1) is 0 Å². The molecule has 4 rings (SSSR count). The zero-order valence-electron chi connectivity index (χ0n) is 18.8. The second-order valence-electron chi connectivity index (χ2n) is 8.54. The summed E-state index contributed by atoms with van der Waals surface area (Å²) >= 11 is 0. The van der Waals surface area contributed by atoms with Gasteiger partial charge in [0.05, 0.1) is 23.8 Å². The lowest BCUT2D eigenvalue weighted by atomic mass is 10.0. The van der Waals surface area contributed by atoms with Gasteiger partial charge in [0.1, 0.15) is 17.7 Å². The van der Waals surface area contributed by atoms with Crippen LogP contribution >= 0.6 is 0 Å². The number of hydrogen-bond donors (Lipinski definition) is 3. The molecule has 0 spiro atoms. The standard InChI is InChI=1S/C24H29N7O2/c1-26-24(33)22(25)17(11-27-10-15-2-3-15)6-9-21(32)23-20(30-18-12-28-14-29-13-18)8-7-19(31-23)16-4-5-16/h7-8,11-16,30H,2-6,9-10,25H2,1H3,(H,26,33). The fourth-order valence-corrected chi connectivity index (χ4v) is 3.44. The second kappa shape index (κ2) is 10.3. The Balaban J connectivity index is 1.53. The van der Waals surface area contributed by atoms with Crippen molar-refractivity contribution in [1.82, 2.24) is 20.3 Å². The highest BCUT2D eigenvalue weighted by atomic mass is 16.2. The number of nitrogens with zero attached hydrogens (tertiary/aromatic N) is 4. The Bertz CT molecular complexity index is 1070. The minimum absolute atomic E-state index is 0.0873. The zero-order chi connectivity index (χ0) is 23.2. The van der Waals surface area contributed by atoms with E-state index < -0.39 is 0 Å². The number of nitrogens with one attached hydrogen (secondary N) is 2. The van der Waals surface area contributed by atoms with Crippen molar-refractivity contribution in [3.8, 4) is 0 Å². The highest BCUT2D eigenvalue weighted by Gasteiger charge is 2.27. The number of likely N-dealkylation sites (N-methyl/N-ethyl adjacent to an activating group) is 1. The van der Waals surface area contributed by atoms with E-state index in [9.17, 15) is 9.59 Å². The van der Waals surface area contributed by atoms with Crippen molar-refractivity contribution >= 4 is 29.3 Å². The van der Waals surface area contributed by atoms with Gasteiger partial charge in [-0.25, -0.2) is 15.0 Å². The van der Waals surface area contributed by atoms with Gasteiger partial charge in [-0.1, -0.05) is 0 Å². The molecule has 2 fully saturated rings. The van der Waals surface area contributed by atoms with Gasteiger partial charge in [0.2, 0.25) is 0 Å². The van der Waals surface area contributed by atoms with E-state index in [4.69, 9.17) is 5.73 Å². The Morgan fingerprint density at radius 3 is 2.58 bits per heavy atom. The number of rotatable bonds is 11. The molecule has 9 heteroatoms. The third-order valence-electron chi connectivity index (χ3n) is 5.76. The first kappa shape index (κ1) is 22.6. The molecule has 2 aliphatic carbocycles. The zero-order valence-corrected chi connectivity index (χ0v) is 18.8. The Hall–Kier alpha value is -3.62. The van der Waals surface area contributed by atoms with Crippen LogP contribution in [0.15, 0.2) is 47.1 Å². The Labute approximate surface area is 193 Å². The number of nitrogens with two attached hydrogens (primary N) is 1. The van der Waals surface area contributed by atoms with Crippen molar-refractivity contribution in [2.75, 3.05) is 18.9 Å². The molecule has 0 unspecified atom stereocenters. The molecule has 2 aromatic rings. The predicted octanol–water partition coefficient (Wildman–Crippen LogP) is 2.90. The van der Waals surface area contributed by atoms with E-state index in [0.29, 0.717) is 40.9 Å². The van der Waals surface area contributed by atoms with Crippen molar-refractivity contribution in [3.63, 3.8) is 0 Å². The van der Waals surface area contributed by atoms with Crippen molar-refractivity contribution in [3.05, 3.63) is 53.5 Å². The van der Waals surface area contributed by atoms with Crippen LogP contribution in [0.25, 0.3) is 0 Å². The summed E-state index contributed by atoms with van der Waals surface area (Å²) in [6, 6.07) is 3.84. The van der Waals surface area contributed by atoms with Gasteiger partial charge < -0.3 is 16.4 Å². The molecule has 0 saturated heterocycles. The van der Waals surface area contributed by atoms with Crippen LogP contribution in [-0.2, 0) is 4.79 Å². The molecule has 2 aromatic heterocycles. The molecule has 4 N–H and O–H groups in total. The molecule has 0 aromatic carbocycles.